The normalized spacial score (nSPS) is 11.2. The first kappa shape index (κ1) is 14.5. The summed E-state index contributed by atoms with van der Waals surface area (Å²) < 4.78 is 0. The average Bonchev–Trinajstić information content (AvgIpc) is 2.52. The fraction of sp³-hybridized carbons (Fsp3) is 0. The topological polar surface area (TPSA) is 83.3 Å². The molecule has 0 unspecified atom stereocenters. The molecule has 0 radical (unpaired) electrons. The van der Waals surface area contributed by atoms with E-state index >= 15 is 0 Å². The predicted molar refractivity (Wildman–Crippen MR) is 86.7 cm³/mol. The number of rotatable bonds is 3. The first-order valence-electron chi connectivity index (χ1n) is 6.20. The van der Waals surface area contributed by atoms with E-state index in [0.29, 0.717) is 21.6 Å². The second-order valence-corrected chi connectivity index (χ2v) is 5.16. The minimum absolute atomic E-state index is 0.103. The summed E-state index contributed by atoms with van der Waals surface area (Å²) in [6, 6.07) is 10.3. The van der Waals surface area contributed by atoms with Crippen molar-refractivity contribution in [2.75, 3.05) is 5.43 Å². The van der Waals surface area contributed by atoms with Crippen molar-refractivity contribution in [3.63, 3.8) is 0 Å². The summed E-state index contributed by atoms with van der Waals surface area (Å²) in [6.07, 6.45) is 1.37. The van der Waals surface area contributed by atoms with E-state index in [1.165, 1.54) is 18.3 Å². The second-order valence-electron chi connectivity index (χ2n) is 4.32. The van der Waals surface area contributed by atoms with E-state index in [0.717, 1.165) is 0 Å². The number of hydrazone groups is 1. The molecule has 0 saturated carbocycles. The molecule has 0 atom stereocenters. The van der Waals surface area contributed by atoms with Crippen molar-refractivity contribution < 1.29 is 5.11 Å². The fourth-order valence-corrected chi connectivity index (χ4v) is 2.28. The highest BCUT2D eigenvalue weighted by atomic mass is 35.5. The lowest BCUT2D eigenvalue weighted by atomic mass is 10.2. The molecular weight excluding hydrogens is 325 g/mol. The molecule has 2 aromatic carbocycles. The van der Waals surface area contributed by atoms with Crippen LogP contribution < -0.4 is 5.43 Å². The smallest absolute Gasteiger partial charge is 0.263 e. The van der Waals surface area contributed by atoms with E-state index in [4.69, 9.17) is 23.2 Å². The number of hydrogen-bond acceptors (Lipinski definition) is 6. The van der Waals surface area contributed by atoms with Gasteiger partial charge in [0.2, 0.25) is 0 Å². The van der Waals surface area contributed by atoms with Crippen LogP contribution in [0, 0.1) is 0 Å². The number of hydrogen-bond donors (Lipinski definition) is 2. The molecule has 0 aliphatic heterocycles. The second kappa shape index (κ2) is 6.13. The Morgan fingerprint density at radius 1 is 1.09 bits per heavy atom. The summed E-state index contributed by atoms with van der Waals surface area (Å²) in [6.45, 7) is 0. The first-order valence-corrected chi connectivity index (χ1v) is 6.95. The standard InChI is InChI=1S/C14H9Cl2N5O/c15-9-5-8(13(22)10(16)6-9)7-17-20-14-18-11-3-1-2-4-12(11)19-21-14/h1-7,22H,(H,18,20,21). The number of para-hydroxylation sites is 1. The van der Waals surface area contributed by atoms with Gasteiger partial charge in [-0.1, -0.05) is 35.3 Å². The van der Waals surface area contributed by atoms with E-state index in [9.17, 15) is 5.11 Å². The van der Waals surface area contributed by atoms with Gasteiger partial charge < -0.3 is 5.11 Å². The highest BCUT2D eigenvalue weighted by Crippen LogP contribution is 2.29. The Kier molecular flexibility index (Phi) is 4.04. The Hall–Kier alpha value is -2.44. The molecule has 3 aromatic rings. The number of phenols is 1. The van der Waals surface area contributed by atoms with Gasteiger partial charge in [-0.15, -0.1) is 10.2 Å². The maximum absolute atomic E-state index is 9.81. The molecule has 0 spiro atoms. The van der Waals surface area contributed by atoms with Gasteiger partial charge in [0.05, 0.1) is 16.8 Å². The number of anilines is 1. The van der Waals surface area contributed by atoms with E-state index in [-0.39, 0.29) is 16.7 Å². The number of phenolic OH excluding ortho intramolecular Hbond substituents is 1. The lowest BCUT2D eigenvalue weighted by molar-refractivity contribution is 0.475. The molecule has 110 valence electrons. The molecule has 0 aliphatic carbocycles. The molecule has 0 amide bonds. The quantitative estimate of drug-likeness (QED) is 0.566. The van der Waals surface area contributed by atoms with Crippen LogP contribution in [0.25, 0.3) is 11.0 Å². The van der Waals surface area contributed by atoms with Gasteiger partial charge in [0.15, 0.2) is 0 Å². The van der Waals surface area contributed by atoms with E-state index < -0.39 is 0 Å². The fourth-order valence-electron chi connectivity index (χ4n) is 1.77. The zero-order chi connectivity index (χ0) is 15.5. The van der Waals surface area contributed by atoms with Gasteiger partial charge in [0, 0.05) is 10.6 Å². The van der Waals surface area contributed by atoms with Crippen molar-refractivity contribution in [2.45, 2.75) is 0 Å². The summed E-state index contributed by atoms with van der Waals surface area (Å²) >= 11 is 11.7. The molecule has 0 saturated heterocycles. The van der Waals surface area contributed by atoms with Gasteiger partial charge in [-0.25, -0.2) is 10.4 Å². The van der Waals surface area contributed by atoms with Crippen molar-refractivity contribution in [3.05, 3.63) is 52.0 Å². The number of aromatic hydroxyl groups is 1. The van der Waals surface area contributed by atoms with Crippen LogP contribution in [0.3, 0.4) is 0 Å². The van der Waals surface area contributed by atoms with E-state index in [2.05, 4.69) is 25.7 Å². The highest BCUT2D eigenvalue weighted by molar-refractivity contribution is 6.36. The Labute approximate surface area is 135 Å². The molecule has 0 aliphatic rings. The van der Waals surface area contributed by atoms with Crippen LogP contribution in [0.15, 0.2) is 41.5 Å². The lowest BCUT2D eigenvalue weighted by Gasteiger charge is -2.03. The molecule has 0 fully saturated rings. The summed E-state index contributed by atoms with van der Waals surface area (Å²) in [5.41, 5.74) is 4.40. The van der Waals surface area contributed by atoms with Crippen LogP contribution in [0.1, 0.15) is 5.56 Å². The summed E-state index contributed by atoms with van der Waals surface area (Å²) in [5.74, 6) is 0.136. The molecular formula is C14H9Cl2N5O. The largest absolute Gasteiger partial charge is 0.506 e. The van der Waals surface area contributed by atoms with Gasteiger partial charge in [0.25, 0.3) is 5.95 Å². The zero-order valence-corrected chi connectivity index (χ0v) is 12.5. The lowest BCUT2D eigenvalue weighted by Crippen LogP contribution is -1.99. The molecule has 2 N–H and O–H groups in total. The van der Waals surface area contributed by atoms with Crippen LogP contribution in [0.5, 0.6) is 5.75 Å². The van der Waals surface area contributed by atoms with Crippen LogP contribution in [0.4, 0.5) is 5.95 Å². The van der Waals surface area contributed by atoms with Crippen molar-refractivity contribution in [3.8, 4) is 5.75 Å². The van der Waals surface area contributed by atoms with Crippen molar-refractivity contribution in [2.24, 2.45) is 5.10 Å². The van der Waals surface area contributed by atoms with Gasteiger partial charge in [-0.3, -0.25) is 0 Å². The number of nitrogens with one attached hydrogen (secondary N) is 1. The van der Waals surface area contributed by atoms with Crippen molar-refractivity contribution in [1.29, 1.82) is 0 Å². The Balaban J connectivity index is 1.81. The summed E-state index contributed by atoms with van der Waals surface area (Å²) in [7, 11) is 0. The van der Waals surface area contributed by atoms with Crippen LogP contribution in [-0.4, -0.2) is 26.5 Å². The molecule has 6 nitrogen and oxygen atoms in total. The Bertz CT molecular complexity index is 869. The number of halogens is 2. The SMILES string of the molecule is Oc1c(Cl)cc(Cl)cc1C=NNc1nnc2ccccc2n1. The molecule has 22 heavy (non-hydrogen) atoms. The zero-order valence-electron chi connectivity index (χ0n) is 11.0. The maximum Gasteiger partial charge on any atom is 0.263 e. The number of fused-ring (bicyclic) bond motifs is 1. The van der Waals surface area contributed by atoms with Gasteiger partial charge in [-0.05, 0) is 24.3 Å². The van der Waals surface area contributed by atoms with Crippen molar-refractivity contribution in [1.82, 2.24) is 15.2 Å². The highest BCUT2D eigenvalue weighted by Gasteiger charge is 2.06. The third kappa shape index (κ3) is 3.08. The number of nitrogens with zero attached hydrogens (tertiary/aromatic N) is 4. The Morgan fingerprint density at radius 2 is 1.86 bits per heavy atom. The molecule has 1 aromatic heterocycles. The van der Waals surface area contributed by atoms with Crippen molar-refractivity contribution >= 4 is 46.4 Å². The van der Waals surface area contributed by atoms with Gasteiger partial charge in [0.1, 0.15) is 11.3 Å². The minimum Gasteiger partial charge on any atom is -0.506 e. The molecule has 8 heteroatoms. The Morgan fingerprint density at radius 3 is 2.68 bits per heavy atom. The predicted octanol–water partition coefficient (Wildman–Crippen LogP) is 3.48. The summed E-state index contributed by atoms with van der Waals surface area (Å²) in [5, 5.41) is 22.2. The van der Waals surface area contributed by atoms with Gasteiger partial charge >= 0.3 is 0 Å². The summed E-state index contributed by atoms with van der Waals surface area (Å²) in [4.78, 5) is 4.25. The maximum atomic E-state index is 9.81. The van der Waals surface area contributed by atoms with Gasteiger partial charge in [-0.2, -0.15) is 5.10 Å². The minimum atomic E-state index is -0.103. The van der Waals surface area contributed by atoms with E-state index in [1.54, 1.807) is 0 Å². The third-order valence-corrected chi connectivity index (χ3v) is 3.29. The first-order chi connectivity index (χ1) is 10.6. The van der Waals surface area contributed by atoms with Crippen LogP contribution >= 0.6 is 23.2 Å². The molecule has 1 heterocycles. The number of aromatic nitrogens is 3. The number of benzene rings is 2. The van der Waals surface area contributed by atoms with Crippen LogP contribution in [-0.2, 0) is 0 Å². The average molecular weight is 334 g/mol. The van der Waals surface area contributed by atoms with Crippen LogP contribution in [0.2, 0.25) is 10.0 Å². The molecule has 3 rings (SSSR count). The molecule has 0 bridgehead atoms. The van der Waals surface area contributed by atoms with E-state index in [1.807, 2.05) is 24.3 Å². The monoisotopic (exact) mass is 333 g/mol. The third-order valence-electron chi connectivity index (χ3n) is 2.79.